The summed E-state index contributed by atoms with van der Waals surface area (Å²) in [6.45, 7) is -0.977. The van der Waals surface area contributed by atoms with Gasteiger partial charge in [-0.2, -0.15) is 8.78 Å². The molecule has 0 radical (unpaired) electrons. The van der Waals surface area contributed by atoms with E-state index >= 15 is 0 Å². The first-order valence-electron chi connectivity index (χ1n) is 6.46. The van der Waals surface area contributed by atoms with Gasteiger partial charge in [0.2, 0.25) is 0 Å². The molecule has 0 spiro atoms. The van der Waals surface area contributed by atoms with E-state index < -0.39 is 18.1 Å². The maximum Gasteiger partial charge on any atom is 0.387 e. The van der Waals surface area contributed by atoms with Crippen molar-refractivity contribution in [3.8, 4) is 5.75 Å². The zero-order chi connectivity index (χ0) is 14.8. The van der Waals surface area contributed by atoms with Crippen LogP contribution >= 0.6 is 0 Å². The number of nitrogens with one attached hydrogen (secondary N) is 1. The third kappa shape index (κ3) is 3.25. The van der Waals surface area contributed by atoms with Gasteiger partial charge >= 0.3 is 12.6 Å². The molecule has 0 aliphatic heterocycles. The molecule has 1 unspecified atom stereocenters. The van der Waals surface area contributed by atoms with Gasteiger partial charge in [-0.3, -0.25) is 5.32 Å². The van der Waals surface area contributed by atoms with Crippen LogP contribution in [-0.2, 0) is 10.3 Å². The van der Waals surface area contributed by atoms with Gasteiger partial charge in [-0.25, -0.2) is 4.79 Å². The van der Waals surface area contributed by atoms with Crippen LogP contribution in [0.1, 0.15) is 25.3 Å². The number of benzene rings is 1. The van der Waals surface area contributed by atoms with Crippen LogP contribution in [0.25, 0.3) is 0 Å². The average molecular weight is 285 g/mol. The molecule has 0 bridgehead atoms. The number of halogens is 2. The van der Waals surface area contributed by atoms with E-state index in [-0.39, 0.29) is 11.3 Å². The highest BCUT2D eigenvalue weighted by atomic mass is 19.3. The van der Waals surface area contributed by atoms with E-state index in [0.717, 1.165) is 12.8 Å². The molecule has 0 heterocycles. The Balaban J connectivity index is 2.29. The van der Waals surface area contributed by atoms with Crippen LogP contribution in [0.4, 0.5) is 8.78 Å². The number of carboxylic acids is 1. The number of ether oxygens (including phenoxy) is 1. The molecule has 1 aliphatic rings. The van der Waals surface area contributed by atoms with E-state index in [9.17, 15) is 18.7 Å². The summed E-state index contributed by atoms with van der Waals surface area (Å²) < 4.78 is 29.3. The summed E-state index contributed by atoms with van der Waals surface area (Å²) >= 11 is 0. The van der Waals surface area contributed by atoms with Crippen molar-refractivity contribution >= 4 is 5.97 Å². The van der Waals surface area contributed by atoms with Crippen LogP contribution in [0.3, 0.4) is 0 Å². The van der Waals surface area contributed by atoms with Crippen molar-refractivity contribution in [1.29, 1.82) is 0 Å². The Bertz CT molecular complexity index is 491. The van der Waals surface area contributed by atoms with Crippen LogP contribution in [0, 0.1) is 5.92 Å². The second-order valence-corrected chi connectivity index (χ2v) is 5.13. The SMILES string of the molecule is CC(NCC1CC1)(C(=O)O)c1ccccc1OC(F)F. The normalized spacial score (nSPS) is 17.8. The van der Waals surface area contributed by atoms with Crippen LogP contribution in [0.15, 0.2) is 24.3 Å². The minimum absolute atomic E-state index is 0.115. The third-order valence-electron chi connectivity index (χ3n) is 3.51. The van der Waals surface area contributed by atoms with Crippen molar-refractivity contribution in [2.24, 2.45) is 5.92 Å². The Hall–Kier alpha value is -1.69. The van der Waals surface area contributed by atoms with Gasteiger partial charge in [0.15, 0.2) is 0 Å². The molecule has 0 saturated heterocycles. The van der Waals surface area contributed by atoms with E-state index in [1.54, 1.807) is 6.07 Å². The van der Waals surface area contributed by atoms with Crippen molar-refractivity contribution in [2.45, 2.75) is 31.9 Å². The second-order valence-electron chi connectivity index (χ2n) is 5.13. The molecule has 1 fully saturated rings. The predicted octanol–water partition coefficient (Wildman–Crippen LogP) is 2.59. The lowest BCUT2D eigenvalue weighted by atomic mass is 9.91. The molecule has 1 aliphatic carbocycles. The number of aliphatic carboxylic acids is 1. The molecule has 2 N–H and O–H groups in total. The van der Waals surface area contributed by atoms with Crippen LogP contribution in [-0.4, -0.2) is 24.2 Å². The van der Waals surface area contributed by atoms with Crippen molar-refractivity contribution in [2.75, 3.05) is 6.54 Å². The molecule has 0 aromatic heterocycles. The fraction of sp³-hybridized carbons (Fsp3) is 0.500. The summed E-state index contributed by atoms with van der Waals surface area (Å²) in [6, 6.07) is 5.98. The minimum atomic E-state index is -2.99. The second kappa shape index (κ2) is 5.75. The predicted molar refractivity (Wildman–Crippen MR) is 68.8 cm³/mol. The maximum atomic E-state index is 12.4. The van der Waals surface area contributed by atoms with Crippen LogP contribution < -0.4 is 10.1 Å². The monoisotopic (exact) mass is 285 g/mol. The summed E-state index contributed by atoms with van der Waals surface area (Å²) in [6.07, 6.45) is 2.13. The summed E-state index contributed by atoms with van der Waals surface area (Å²) in [7, 11) is 0. The number of alkyl halides is 2. The molecule has 1 aromatic carbocycles. The molecule has 1 saturated carbocycles. The Morgan fingerprint density at radius 2 is 2.15 bits per heavy atom. The first-order chi connectivity index (χ1) is 9.43. The minimum Gasteiger partial charge on any atom is -0.480 e. The molecule has 6 heteroatoms. The summed E-state index contributed by atoms with van der Waals surface area (Å²) in [5.74, 6) is -0.768. The average Bonchev–Trinajstić information content (AvgIpc) is 3.19. The first kappa shape index (κ1) is 14.7. The van der Waals surface area contributed by atoms with Gasteiger partial charge in [-0.05, 0) is 38.3 Å². The Labute approximate surface area is 115 Å². The standard InChI is InChI=1S/C14H17F2NO3/c1-14(12(18)19,17-8-9-6-7-9)10-4-2-3-5-11(10)20-13(15)16/h2-5,9,13,17H,6-8H2,1H3,(H,18,19). The van der Waals surface area contributed by atoms with Gasteiger partial charge in [0, 0.05) is 5.56 Å². The third-order valence-corrected chi connectivity index (χ3v) is 3.51. The number of carboxylic acid groups (broad SMARTS) is 1. The lowest BCUT2D eigenvalue weighted by molar-refractivity contribution is -0.145. The topological polar surface area (TPSA) is 58.6 Å². The molecule has 110 valence electrons. The number of para-hydroxylation sites is 1. The van der Waals surface area contributed by atoms with Crippen molar-refractivity contribution in [1.82, 2.24) is 5.32 Å². The quantitative estimate of drug-likeness (QED) is 0.808. The number of rotatable bonds is 7. The van der Waals surface area contributed by atoms with Gasteiger partial charge in [-0.15, -0.1) is 0 Å². The van der Waals surface area contributed by atoms with Crippen molar-refractivity contribution < 1.29 is 23.4 Å². The highest BCUT2D eigenvalue weighted by molar-refractivity contribution is 5.81. The molecule has 2 rings (SSSR count). The zero-order valence-corrected chi connectivity index (χ0v) is 11.1. The maximum absolute atomic E-state index is 12.4. The van der Waals surface area contributed by atoms with Crippen molar-refractivity contribution in [3.63, 3.8) is 0 Å². The molecule has 1 atom stereocenters. The number of carbonyl (C=O) groups is 1. The van der Waals surface area contributed by atoms with E-state index in [0.29, 0.717) is 12.5 Å². The van der Waals surface area contributed by atoms with E-state index in [1.807, 2.05) is 0 Å². The van der Waals surface area contributed by atoms with Crippen LogP contribution in [0.5, 0.6) is 5.75 Å². The number of hydrogen-bond donors (Lipinski definition) is 2. The summed E-state index contributed by atoms with van der Waals surface area (Å²) in [5.41, 5.74) is -1.25. The van der Waals surface area contributed by atoms with E-state index in [2.05, 4.69) is 10.1 Å². The Kier molecular flexibility index (Phi) is 4.23. The molecular weight excluding hydrogens is 268 g/mol. The van der Waals surface area contributed by atoms with Gasteiger partial charge in [0.1, 0.15) is 11.3 Å². The summed E-state index contributed by atoms with van der Waals surface area (Å²) in [4.78, 5) is 11.6. The highest BCUT2D eigenvalue weighted by Gasteiger charge is 2.39. The van der Waals surface area contributed by atoms with Gasteiger partial charge < -0.3 is 9.84 Å². The number of hydrogen-bond acceptors (Lipinski definition) is 3. The highest BCUT2D eigenvalue weighted by Crippen LogP contribution is 2.34. The molecule has 1 aromatic rings. The molecular formula is C14H17F2NO3. The fourth-order valence-corrected chi connectivity index (χ4v) is 2.03. The fourth-order valence-electron chi connectivity index (χ4n) is 2.03. The molecule has 20 heavy (non-hydrogen) atoms. The first-order valence-corrected chi connectivity index (χ1v) is 6.46. The van der Waals surface area contributed by atoms with Crippen LogP contribution in [0.2, 0.25) is 0 Å². The van der Waals surface area contributed by atoms with Gasteiger partial charge in [0.05, 0.1) is 0 Å². The lowest BCUT2D eigenvalue weighted by Crippen LogP contribution is -2.47. The molecule has 0 amide bonds. The van der Waals surface area contributed by atoms with Gasteiger partial charge in [-0.1, -0.05) is 18.2 Å². The smallest absolute Gasteiger partial charge is 0.387 e. The lowest BCUT2D eigenvalue weighted by Gasteiger charge is -2.28. The van der Waals surface area contributed by atoms with Gasteiger partial charge in [0.25, 0.3) is 0 Å². The van der Waals surface area contributed by atoms with Crippen molar-refractivity contribution in [3.05, 3.63) is 29.8 Å². The Morgan fingerprint density at radius 3 is 2.70 bits per heavy atom. The zero-order valence-electron chi connectivity index (χ0n) is 11.1. The Morgan fingerprint density at radius 1 is 1.50 bits per heavy atom. The largest absolute Gasteiger partial charge is 0.480 e. The van der Waals surface area contributed by atoms with E-state index in [4.69, 9.17) is 0 Å². The van der Waals surface area contributed by atoms with E-state index in [1.165, 1.54) is 25.1 Å². The summed E-state index contributed by atoms with van der Waals surface area (Å²) in [5, 5.41) is 12.4. The molecule has 4 nitrogen and oxygen atoms in total.